The summed E-state index contributed by atoms with van der Waals surface area (Å²) in [6.45, 7) is 6.35. The van der Waals surface area contributed by atoms with Crippen LogP contribution in [-0.2, 0) is 4.79 Å². The second-order valence-corrected chi connectivity index (χ2v) is 10.2. The van der Waals surface area contributed by atoms with Crippen molar-refractivity contribution in [3.63, 3.8) is 0 Å². The molecular formula is C20H32O4. The molecule has 1 spiro atoms. The second-order valence-electron chi connectivity index (χ2n) is 10.2. The molecule has 0 heterocycles. The first kappa shape index (κ1) is 17.0. The molecule has 0 aliphatic heterocycles. The molecule has 5 rings (SSSR count). The molecule has 3 N–H and O–H groups in total. The smallest absolute Gasteiger partial charge is 0.138 e. The minimum absolute atomic E-state index is 0.0271. The van der Waals surface area contributed by atoms with E-state index >= 15 is 0 Å². The summed E-state index contributed by atoms with van der Waals surface area (Å²) < 4.78 is 0. The number of aliphatic hydroxyl groups excluding tert-OH is 2. The number of aliphatic hydroxyl groups is 3. The van der Waals surface area contributed by atoms with E-state index in [-0.39, 0.29) is 34.9 Å². The lowest BCUT2D eigenvalue weighted by molar-refractivity contribution is -0.275. The summed E-state index contributed by atoms with van der Waals surface area (Å²) in [6.07, 6.45) is 4.97. The van der Waals surface area contributed by atoms with Gasteiger partial charge in [0.2, 0.25) is 0 Å². The number of hydrogen-bond donors (Lipinski definition) is 3. The molecule has 0 aromatic heterocycles. The Kier molecular flexibility index (Phi) is 3.42. The monoisotopic (exact) mass is 336 g/mol. The SMILES string of the molecule is CC1(C)C(=O)CC[C@]2(C)[C@@H]1CC[C@@]13C[C@](O)(CO)[C@@H](C[C@H]1O)C[C@@H]23. The molecule has 5 aliphatic rings. The molecule has 7 atom stereocenters. The Balaban J connectivity index is 1.77. The Morgan fingerprint density at radius 3 is 2.50 bits per heavy atom. The molecular weight excluding hydrogens is 304 g/mol. The van der Waals surface area contributed by atoms with E-state index in [1.165, 1.54) is 0 Å². The lowest BCUT2D eigenvalue weighted by Gasteiger charge is -2.70. The highest BCUT2D eigenvalue weighted by Gasteiger charge is 2.70. The summed E-state index contributed by atoms with van der Waals surface area (Å²) in [7, 11) is 0. The average molecular weight is 336 g/mol. The predicted molar refractivity (Wildman–Crippen MR) is 90.2 cm³/mol. The van der Waals surface area contributed by atoms with Gasteiger partial charge in [-0.15, -0.1) is 0 Å². The average Bonchev–Trinajstić information content (AvgIpc) is 2.52. The van der Waals surface area contributed by atoms with E-state index in [2.05, 4.69) is 20.8 Å². The highest BCUT2D eigenvalue weighted by molar-refractivity contribution is 5.85. The number of Topliss-reactive ketones (excluding diaryl/α,β-unsaturated/α-hetero) is 1. The third kappa shape index (κ3) is 1.83. The van der Waals surface area contributed by atoms with Crippen molar-refractivity contribution in [3.8, 4) is 0 Å². The number of carbonyl (C=O) groups is 1. The molecule has 5 aliphatic carbocycles. The Labute approximate surface area is 144 Å². The van der Waals surface area contributed by atoms with E-state index < -0.39 is 5.60 Å². The fourth-order valence-electron chi connectivity index (χ4n) is 7.70. The summed E-state index contributed by atoms with van der Waals surface area (Å²) in [6, 6.07) is 0. The predicted octanol–water partition coefficient (Wildman–Crippen LogP) is 2.29. The number of fused-ring (bicyclic) bond motifs is 3. The number of hydrogen-bond acceptors (Lipinski definition) is 4. The fourth-order valence-corrected chi connectivity index (χ4v) is 7.70. The van der Waals surface area contributed by atoms with Gasteiger partial charge in [-0.1, -0.05) is 20.8 Å². The zero-order valence-electron chi connectivity index (χ0n) is 15.2. The molecule has 0 aromatic rings. The van der Waals surface area contributed by atoms with E-state index in [0.29, 0.717) is 36.9 Å². The fraction of sp³-hybridized carbons (Fsp3) is 0.950. The second kappa shape index (κ2) is 4.83. The molecule has 0 aromatic carbocycles. The van der Waals surface area contributed by atoms with Crippen molar-refractivity contribution in [2.75, 3.05) is 6.61 Å². The molecule has 5 saturated carbocycles. The van der Waals surface area contributed by atoms with Crippen LogP contribution in [0, 0.1) is 34.0 Å². The zero-order valence-corrected chi connectivity index (χ0v) is 15.2. The Morgan fingerprint density at radius 2 is 1.83 bits per heavy atom. The van der Waals surface area contributed by atoms with Gasteiger partial charge in [-0.05, 0) is 61.7 Å². The van der Waals surface area contributed by atoms with Crippen molar-refractivity contribution in [1.29, 1.82) is 0 Å². The van der Waals surface area contributed by atoms with Crippen LogP contribution < -0.4 is 0 Å². The highest BCUT2D eigenvalue weighted by Crippen LogP contribution is 2.72. The van der Waals surface area contributed by atoms with Crippen molar-refractivity contribution < 1.29 is 20.1 Å². The topological polar surface area (TPSA) is 77.8 Å². The minimum Gasteiger partial charge on any atom is -0.393 e. The van der Waals surface area contributed by atoms with Gasteiger partial charge in [0.05, 0.1) is 18.3 Å². The van der Waals surface area contributed by atoms with Crippen molar-refractivity contribution in [1.82, 2.24) is 0 Å². The minimum atomic E-state index is -1.03. The van der Waals surface area contributed by atoms with Crippen LogP contribution in [-0.4, -0.2) is 39.4 Å². The molecule has 0 unspecified atom stereocenters. The largest absolute Gasteiger partial charge is 0.393 e. The molecule has 0 radical (unpaired) electrons. The Hall–Kier alpha value is -0.450. The summed E-state index contributed by atoms with van der Waals surface area (Å²) in [4.78, 5) is 12.5. The third-order valence-corrected chi connectivity index (χ3v) is 9.03. The zero-order chi connectivity index (χ0) is 17.5. The number of carbonyl (C=O) groups excluding carboxylic acids is 1. The van der Waals surface area contributed by atoms with Crippen LogP contribution >= 0.6 is 0 Å². The van der Waals surface area contributed by atoms with E-state index in [1.54, 1.807) is 0 Å². The van der Waals surface area contributed by atoms with Crippen LogP contribution in [0.3, 0.4) is 0 Å². The molecule has 136 valence electrons. The van der Waals surface area contributed by atoms with E-state index in [0.717, 1.165) is 25.7 Å². The summed E-state index contributed by atoms with van der Waals surface area (Å²) in [5, 5.41) is 31.7. The van der Waals surface area contributed by atoms with Gasteiger partial charge in [-0.25, -0.2) is 0 Å². The summed E-state index contributed by atoms with van der Waals surface area (Å²) in [5.74, 6) is 1.06. The number of ketones is 1. The number of rotatable bonds is 1. The van der Waals surface area contributed by atoms with Gasteiger partial charge in [0, 0.05) is 17.3 Å². The maximum absolute atomic E-state index is 12.5. The van der Waals surface area contributed by atoms with Gasteiger partial charge < -0.3 is 15.3 Å². The maximum Gasteiger partial charge on any atom is 0.138 e. The van der Waals surface area contributed by atoms with Gasteiger partial charge in [0.1, 0.15) is 5.78 Å². The maximum atomic E-state index is 12.5. The normalized spacial score (nSPS) is 55.8. The van der Waals surface area contributed by atoms with Crippen LogP contribution in [0.1, 0.15) is 65.7 Å². The van der Waals surface area contributed by atoms with Gasteiger partial charge >= 0.3 is 0 Å². The van der Waals surface area contributed by atoms with Gasteiger partial charge in [0.25, 0.3) is 0 Å². The molecule has 2 bridgehead atoms. The van der Waals surface area contributed by atoms with Crippen molar-refractivity contribution in [3.05, 3.63) is 0 Å². The first-order chi connectivity index (χ1) is 11.1. The highest BCUT2D eigenvalue weighted by atomic mass is 16.3. The Morgan fingerprint density at radius 1 is 1.12 bits per heavy atom. The molecule has 0 saturated heterocycles. The van der Waals surface area contributed by atoms with Crippen LogP contribution in [0.2, 0.25) is 0 Å². The standard InChI is InChI=1S/C20H32O4/c1-17(2)13-4-7-19-10-20(24,11-21)12(9-16(19)23)8-14(19)18(13,3)6-5-15(17)22/h12-14,16,21,23-24H,4-11H2,1-3H3/t12-,13-,14+,16-,18-,19+,20+/m1/s1. The van der Waals surface area contributed by atoms with Crippen LogP contribution in [0.4, 0.5) is 0 Å². The van der Waals surface area contributed by atoms with E-state index in [1.807, 2.05) is 0 Å². The van der Waals surface area contributed by atoms with Gasteiger partial charge in [-0.3, -0.25) is 4.79 Å². The molecule has 4 nitrogen and oxygen atoms in total. The van der Waals surface area contributed by atoms with Crippen molar-refractivity contribution >= 4 is 5.78 Å². The van der Waals surface area contributed by atoms with Crippen LogP contribution in [0.5, 0.6) is 0 Å². The van der Waals surface area contributed by atoms with Crippen molar-refractivity contribution in [2.24, 2.45) is 34.0 Å². The van der Waals surface area contributed by atoms with Crippen LogP contribution in [0.15, 0.2) is 0 Å². The first-order valence-corrected chi connectivity index (χ1v) is 9.65. The molecule has 5 fully saturated rings. The molecule has 24 heavy (non-hydrogen) atoms. The lowest BCUT2D eigenvalue weighted by atomic mass is 9.35. The van der Waals surface area contributed by atoms with Crippen LogP contribution in [0.25, 0.3) is 0 Å². The van der Waals surface area contributed by atoms with Gasteiger partial charge in [0.15, 0.2) is 0 Å². The third-order valence-electron chi connectivity index (χ3n) is 9.03. The summed E-state index contributed by atoms with van der Waals surface area (Å²) in [5.41, 5.74) is -1.55. The first-order valence-electron chi connectivity index (χ1n) is 9.65. The van der Waals surface area contributed by atoms with E-state index in [4.69, 9.17) is 0 Å². The summed E-state index contributed by atoms with van der Waals surface area (Å²) >= 11 is 0. The van der Waals surface area contributed by atoms with Gasteiger partial charge in [-0.2, -0.15) is 0 Å². The lowest BCUT2D eigenvalue weighted by Crippen LogP contribution is -2.70. The van der Waals surface area contributed by atoms with E-state index in [9.17, 15) is 20.1 Å². The molecule has 4 heteroatoms. The Bertz CT molecular complexity index is 572. The molecule has 0 amide bonds. The quantitative estimate of drug-likeness (QED) is 0.686. The van der Waals surface area contributed by atoms with Crippen molar-refractivity contribution in [2.45, 2.75) is 77.4 Å².